The number of nitrogens with one attached hydrogen (secondary N) is 1. The van der Waals surface area contributed by atoms with Crippen LogP contribution in [0.1, 0.15) is 23.1 Å². The molecule has 2 aromatic carbocycles. The predicted octanol–water partition coefficient (Wildman–Crippen LogP) is 3.88. The van der Waals surface area contributed by atoms with Gasteiger partial charge in [-0.2, -0.15) is 0 Å². The number of amides is 1. The highest BCUT2D eigenvalue weighted by atomic mass is 16.5. The largest absolute Gasteiger partial charge is 0.497 e. The van der Waals surface area contributed by atoms with Crippen LogP contribution in [0.4, 0.5) is 5.69 Å². The minimum Gasteiger partial charge on any atom is -0.497 e. The molecule has 0 spiro atoms. The number of methoxy groups -OCH3 is 1. The van der Waals surface area contributed by atoms with Crippen LogP contribution >= 0.6 is 0 Å². The Morgan fingerprint density at radius 2 is 1.81 bits per heavy atom. The van der Waals surface area contributed by atoms with Crippen molar-refractivity contribution in [2.45, 2.75) is 26.7 Å². The first kappa shape index (κ1) is 15.1. The molecule has 2 aromatic rings. The van der Waals surface area contributed by atoms with Gasteiger partial charge < -0.3 is 10.1 Å². The van der Waals surface area contributed by atoms with Gasteiger partial charge in [-0.1, -0.05) is 29.8 Å². The molecule has 3 nitrogen and oxygen atoms in total. The highest BCUT2D eigenvalue weighted by Crippen LogP contribution is 2.17. The third-order valence-corrected chi connectivity index (χ3v) is 3.46. The van der Waals surface area contributed by atoms with E-state index >= 15 is 0 Å². The van der Waals surface area contributed by atoms with Gasteiger partial charge in [0.1, 0.15) is 5.75 Å². The van der Waals surface area contributed by atoms with Gasteiger partial charge in [0, 0.05) is 12.1 Å². The Hall–Kier alpha value is -2.29. The lowest BCUT2D eigenvalue weighted by Crippen LogP contribution is -2.13. The third-order valence-electron chi connectivity index (χ3n) is 3.46. The fourth-order valence-electron chi connectivity index (χ4n) is 2.22. The Kier molecular flexibility index (Phi) is 4.99. The number of carbonyl (C=O) groups is 1. The zero-order valence-corrected chi connectivity index (χ0v) is 12.8. The minimum absolute atomic E-state index is 0.0396. The summed E-state index contributed by atoms with van der Waals surface area (Å²) in [6.07, 6.45) is 1.19. The summed E-state index contributed by atoms with van der Waals surface area (Å²) in [6.45, 7) is 4.05. The van der Waals surface area contributed by atoms with E-state index in [1.165, 1.54) is 5.56 Å². The maximum atomic E-state index is 12.0. The molecule has 0 aliphatic carbocycles. The number of rotatable bonds is 5. The van der Waals surface area contributed by atoms with Crippen LogP contribution in [0.2, 0.25) is 0 Å². The fourth-order valence-corrected chi connectivity index (χ4v) is 2.22. The topological polar surface area (TPSA) is 38.3 Å². The van der Waals surface area contributed by atoms with E-state index in [9.17, 15) is 4.79 Å². The summed E-state index contributed by atoms with van der Waals surface area (Å²) in [5.74, 6) is 0.872. The van der Waals surface area contributed by atoms with Crippen molar-refractivity contribution in [2.75, 3.05) is 12.4 Å². The van der Waals surface area contributed by atoms with Crippen molar-refractivity contribution < 1.29 is 9.53 Å². The number of hydrogen-bond donors (Lipinski definition) is 1. The van der Waals surface area contributed by atoms with E-state index in [4.69, 9.17) is 4.74 Å². The Morgan fingerprint density at radius 3 is 2.43 bits per heavy atom. The van der Waals surface area contributed by atoms with E-state index < -0.39 is 0 Å². The number of aryl methyl sites for hydroxylation is 3. The summed E-state index contributed by atoms with van der Waals surface area (Å²) in [6, 6.07) is 13.8. The maximum absolute atomic E-state index is 12.0. The van der Waals surface area contributed by atoms with Gasteiger partial charge in [-0.05, 0) is 49.6 Å². The molecule has 1 N–H and O–H groups in total. The molecule has 0 aliphatic heterocycles. The van der Waals surface area contributed by atoms with Gasteiger partial charge in [-0.15, -0.1) is 0 Å². The molecular weight excluding hydrogens is 262 g/mol. The molecule has 1 amide bonds. The van der Waals surface area contributed by atoms with Crippen LogP contribution in [0.5, 0.6) is 5.75 Å². The van der Waals surface area contributed by atoms with Gasteiger partial charge in [-0.25, -0.2) is 0 Å². The molecule has 0 aliphatic rings. The number of anilines is 1. The molecule has 0 atom stereocenters. The molecule has 110 valence electrons. The van der Waals surface area contributed by atoms with Crippen molar-refractivity contribution in [3.05, 3.63) is 59.2 Å². The first-order valence-corrected chi connectivity index (χ1v) is 7.08. The smallest absolute Gasteiger partial charge is 0.224 e. The van der Waals surface area contributed by atoms with Crippen molar-refractivity contribution in [3.63, 3.8) is 0 Å². The first-order valence-electron chi connectivity index (χ1n) is 7.08. The third kappa shape index (κ3) is 4.35. The SMILES string of the molecule is COc1ccc(CCC(=O)Nc2ccc(C)cc2C)cc1. The van der Waals surface area contributed by atoms with Crippen LogP contribution in [0.15, 0.2) is 42.5 Å². The zero-order chi connectivity index (χ0) is 15.2. The van der Waals surface area contributed by atoms with Gasteiger partial charge >= 0.3 is 0 Å². The molecule has 0 bridgehead atoms. The minimum atomic E-state index is 0.0396. The molecule has 2 rings (SSSR count). The van der Waals surface area contributed by atoms with E-state index in [-0.39, 0.29) is 5.91 Å². The van der Waals surface area contributed by atoms with Gasteiger partial charge in [0.15, 0.2) is 0 Å². The molecular formula is C18H21NO2. The highest BCUT2D eigenvalue weighted by molar-refractivity contribution is 5.91. The van der Waals surface area contributed by atoms with Crippen molar-refractivity contribution in [1.82, 2.24) is 0 Å². The van der Waals surface area contributed by atoms with Gasteiger partial charge in [0.05, 0.1) is 7.11 Å². The van der Waals surface area contributed by atoms with Gasteiger partial charge in [0.2, 0.25) is 5.91 Å². The summed E-state index contributed by atoms with van der Waals surface area (Å²) >= 11 is 0. The second-order valence-electron chi connectivity index (χ2n) is 5.21. The summed E-state index contributed by atoms with van der Waals surface area (Å²) in [7, 11) is 1.65. The maximum Gasteiger partial charge on any atom is 0.224 e. The summed E-state index contributed by atoms with van der Waals surface area (Å²) in [5, 5.41) is 2.97. The molecule has 3 heteroatoms. The molecule has 0 aromatic heterocycles. The number of ether oxygens (including phenoxy) is 1. The molecule has 0 radical (unpaired) electrons. The lowest BCUT2D eigenvalue weighted by Gasteiger charge is -2.09. The van der Waals surface area contributed by atoms with Crippen molar-refractivity contribution in [3.8, 4) is 5.75 Å². The Balaban J connectivity index is 1.89. The van der Waals surface area contributed by atoms with E-state index in [1.807, 2.05) is 50.2 Å². The Labute approximate surface area is 126 Å². The molecule has 0 saturated heterocycles. The standard InChI is InChI=1S/C18H21NO2/c1-13-4-10-17(14(2)12-13)19-18(20)11-7-15-5-8-16(21-3)9-6-15/h4-6,8-10,12H,7,11H2,1-3H3,(H,19,20). The van der Waals surface area contributed by atoms with Crippen LogP contribution in [0.3, 0.4) is 0 Å². The number of benzene rings is 2. The van der Waals surface area contributed by atoms with E-state index in [2.05, 4.69) is 11.4 Å². The van der Waals surface area contributed by atoms with Crippen molar-refractivity contribution >= 4 is 11.6 Å². The monoisotopic (exact) mass is 283 g/mol. The fraction of sp³-hybridized carbons (Fsp3) is 0.278. The Morgan fingerprint density at radius 1 is 1.10 bits per heavy atom. The van der Waals surface area contributed by atoms with Crippen molar-refractivity contribution in [2.24, 2.45) is 0 Å². The second kappa shape index (κ2) is 6.93. The number of carbonyl (C=O) groups excluding carboxylic acids is 1. The van der Waals surface area contributed by atoms with Gasteiger partial charge in [-0.3, -0.25) is 4.79 Å². The Bertz CT molecular complexity index is 618. The van der Waals surface area contributed by atoms with Crippen LogP contribution in [-0.2, 0) is 11.2 Å². The molecule has 21 heavy (non-hydrogen) atoms. The molecule has 0 unspecified atom stereocenters. The lowest BCUT2D eigenvalue weighted by atomic mass is 10.1. The molecule has 0 saturated carbocycles. The summed E-state index contributed by atoms with van der Waals surface area (Å²) in [4.78, 5) is 12.0. The van der Waals surface area contributed by atoms with E-state index in [0.29, 0.717) is 6.42 Å². The first-order chi connectivity index (χ1) is 10.1. The summed E-state index contributed by atoms with van der Waals surface area (Å²) < 4.78 is 5.12. The van der Waals surface area contributed by atoms with Crippen molar-refractivity contribution in [1.29, 1.82) is 0 Å². The predicted molar refractivity (Wildman–Crippen MR) is 85.9 cm³/mol. The van der Waals surface area contributed by atoms with E-state index in [0.717, 1.165) is 29.0 Å². The molecule has 0 heterocycles. The van der Waals surface area contributed by atoms with Crippen LogP contribution in [-0.4, -0.2) is 13.0 Å². The average molecular weight is 283 g/mol. The normalized spacial score (nSPS) is 10.2. The van der Waals surface area contributed by atoms with Gasteiger partial charge in [0.25, 0.3) is 0 Å². The quantitative estimate of drug-likeness (QED) is 0.904. The summed E-state index contributed by atoms with van der Waals surface area (Å²) in [5.41, 5.74) is 4.31. The van der Waals surface area contributed by atoms with Crippen LogP contribution < -0.4 is 10.1 Å². The van der Waals surface area contributed by atoms with Crippen LogP contribution in [0.25, 0.3) is 0 Å². The second-order valence-corrected chi connectivity index (χ2v) is 5.21. The highest BCUT2D eigenvalue weighted by Gasteiger charge is 2.05. The van der Waals surface area contributed by atoms with E-state index in [1.54, 1.807) is 7.11 Å². The van der Waals surface area contributed by atoms with Crippen LogP contribution in [0, 0.1) is 13.8 Å². The lowest BCUT2D eigenvalue weighted by molar-refractivity contribution is -0.116. The zero-order valence-electron chi connectivity index (χ0n) is 12.8. The number of hydrogen-bond acceptors (Lipinski definition) is 2. The average Bonchev–Trinajstić information content (AvgIpc) is 2.48. The molecule has 0 fully saturated rings.